The number of aromatic nitrogens is 2. The lowest BCUT2D eigenvalue weighted by atomic mass is 9.89. The molecular weight excluding hydrogens is 399 g/mol. The summed E-state index contributed by atoms with van der Waals surface area (Å²) in [5.74, 6) is -2.98. The maximum atomic E-state index is 13.3. The minimum absolute atomic E-state index is 0.0336. The predicted octanol–water partition coefficient (Wildman–Crippen LogP) is 3.23. The van der Waals surface area contributed by atoms with Gasteiger partial charge in [-0.1, -0.05) is 0 Å². The van der Waals surface area contributed by atoms with E-state index in [1.54, 1.807) is 6.20 Å². The first kappa shape index (κ1) is 19.0. The van der Waals surface area contributed by atoms with Crippen molar-refractivity contribution in [3.8, 4) is 5.75 Å². The molecule has 7 nitrogen and oxygen atoms in total. The second kappa shape index (κ2) is 6.75. The number of carbonyl (C=O) groups is 1. The Morgan fingerprint density at radius 1 is 1.27 bits per heavy atom. The van der Waals surface area contributed by atoms with Gasteiger partial charge in [0.2, 0.25) is 11.9 Å². The lowest BCUT2D eigenvalue weighted by Crippen LogP contribution is -2.54. The monoisotopic (exact) mass is 419 g/mol. The second-order valence-electron chi connectivity index (χ2n) is 8.17. The molecule has 0 bridgehead atoms. The highest BCUT2D eigenvalue weighted by Crippen LogP contribution is 2.41. The number of halogens is 3. The normalized spacial score (nSPS) is 27.1. The van der Waals surface area contributed by atoms with Crippen molar-refractivity contribution in [3.63, 3.8) is 0 Å². The van der Waals surface area contributed by atoms with Gasteiger partial charge in [-0.2, -0.15) is 4.98 Å². The number of anilines is 3. The van der Waals surface area contributed by atoms with Crippen molar-refractivity contribution < 1.29 is 22.7 Å². The quantitative estimate of drug-likeness (QED) is 0.741. The van der Waals surface area contributed by atoms with Crippen LogP contribution < -0.4 is 20.3 Å². The zero-order valence-electron chi connectivity index (χ0n) is 16.2. The Kier molecular flexibility index (Phi) is 4.26. The third-order valence-electron chi connectivity index (χ3n) is 6.09. The number of hydrogen-bond donors (Lipinski definition) is 2. The van der Waals surface area contributed by atoms with E-state index in [1.165, 1.54) is 0 Å². The summed E-state index contributed by atoms with van der Waals surface area (Å²) in [5, 5.41) is 6.12. The maximum absolute atomic E-state index is 13.3. The predicted molar refractivity (Wildman–Crippen MR) is 103 cm³/mol. The molecule has 5 rings (SSSR count). The summed E-state index contributed by atoms with van der Waals surface area (Å²) < 4.78 is 45.2. The molecule has 1 aliphatic carbocycles. The van der Waals surface area contributed by atoms with Crippen LogP contribution in [0.25, 0.3) is 0 Å². The average molecular weight is 419 g/mol. The Hall–Kier alpha value is -3.04. The molecule has 1 atom stereocenters. The van der Waals surface area contributed by atoms with E-state index >= 15 is 0 Å². The summed E-state index contributed by atoms with van der Waals surface area (Å²) in [5.41, 5.74) is 0.00777. The fourth-order valence-electron chi connectivity index (χ4n) is 4.29. The zero-order chi connectivity index (χ0) is 21.0. The van der Waals surface area contributed by atoms with Crippen molar-refractivity contribution in [3.05, 3.63) is 35.8 Å². The summed E-state index contributed by atoms with van der Waals surface area (Å²) >= 11 is 0. The van der Waals surface area contributed by atoms with Crippen LogP contribution >= 0.6 is 0 Å². The van der Waals surface area contributed by atoms with Crippen LogP contribution in [-0.2, 0) is 4.79 Å². The average Bonchev–Trinajstić information content (AvgIpc) is 3.08. The lowest BCUT2D eigenvalue weighted by Gasteiger charge is -2.40. The first-order valence-corrected chi connectivity index (χ1v) is 9.87. The summed E-state index contributed by atoms with van der Waals surface area (Å²) in [6.45, 7) is 2.68. The number of hydrogen-bond acceptors (Lipinski definition) is 6. The molecule has 0 radical (unpaired) electrons. The molecule has 1 amide bonds. The summed E-state index contributed by atoms with van der Waals surface area (Å²) in [6, 6.07) is 1.71. The van der Waals surface area contributed by atoms with Gasteiger partial charge in [0.15, 0.2) is 23.3 Å². The molecule has 2 N–H and O–H groups in total. The van der Waals surface area contributed by atoms with Gasteiger partial charge in [0.05, 0.1) is 6.20 Å². The van der Waals surface area contributed by atoms with Gasteiger partial charge in [-0.25, -0.2) is 18.2 Å². The minimum atomic E-state index is -1.51. The van der Waals surface area contributed by atoms with Crippen molar-refractivity contribution in [2.24, 2.45) is 0 Å². The standard InChI is InChI=1S/C20H20F3N5O2/c1-20-3-2-4-28(20)17-15(26-18(20)29)9-24-19(27-17)25-10-5-11(6-10)30-12-7-13(21)16(23)14(22)8-12/h7-11H,2-6H2,1H3,(H,26,29)(H,24,25,27)/t10-,11-,20-/m1/s1. The van der Waals surface area contributed by atoms with Crippen LogP contribution in [0, 0.1) is 17.5 Å². The Bertz CT molecular complexity index is 1010. The number of rotatable bonds is 4. The van der Waals surface area contributed by atoms with E-state index < -0.39 is 23.0 Å². The molecule has 2 aromatic rings. The molecule has 1 aromatic heterocycles. The topological polar surface area (TPSA) is 79.4 Å². The highest BCUT2D eigenvalue weighted by atomic mass is 19.2. The third kappa shape index (κ3) is 3.01. The molecule has 1 saturated heterocycles. The van der Waals surface area contributed by atoms with Gasteiger partial charge < -0.3 is 20.3 Å². The van der Waals surface area contributed by atoms with Gasteiger partial charge in [-0.05, 0) is 19.8 Å². The highest BCUT2D eigenvalue weighted by Gasteiger charge is 2.48. The van der Waals surface area contributed by atoms with Gasteiger partial charge in [0.25, 0.3) is 0 Å². The second-order valence-corrected chi connectivity index (χ2v) is 8.17. The molecule has 0 unspecified atom stereocenters. The molecule has 1 saturated carbocycles. The van der Waals surface area contributed by atoms with Gasteiger partial charge in [-0.3, -0.25) is 4.79 Å². The van der Waals surface area contributed by atoms with Crippen molar-refractivity contribution in [2.45, 2.75) is 50.3 Å². The van der Waals surface area contributed by atoms with Crippen LogP contribution in [0.1, 0.15) is 32.6 Å². The molecule has 1 aromatic carbocycles. The smallest absolute Gasteiger partial charge is 0.250 e. The largest absolute Gasteiger partial charge is 0.490 e. The van der Waals surface area contributed by atoms with Gasteiger partial charge in [-0.15, -0.1) is 0 Å². The fraction of sp³-hybridized carbons (Fsp3) is 0.450. The molecule has 2 fully saturated rings. The van der Waals surface area contributed by atoms with E-state index in [2.05, 4.69) is 20.6 Å². The van der Waals surface area contributed by atoms with E-state index in [1.807, 2.05) is 11.8 Å². The number of nitrogens with zero attached hydrogens (tertiary/aromatic N) is 3. The zero-order valence-corrected chi connectivity index (χ0v) is 16.2. The number of carbonyl (C=O) groups excluding carboxylic acids is 1. The van der Waals surface area contributed by atoms with Gasteiger partial charge in [0, 0.05) is 37.6 Å². The Morgan fingerprint density at radius 3 is 2.73 bits per heavy atom. The van der Waals surface area contributed by atoms with Crippen molar-refractivity contribution >= 4 is 23.4 Å². The fourth-order valence-corrected chi connectivity index (χ4v) is 4.29. The number of ether oxygens (including phenoxy) is 1. The number of benzene rings is 1. The highest BCUT2D eigenvalue weighted by molar-refractivity contribution is 6.06. The van der Waals surface area contributed by atoms with Crippen LogP contribution in [0.3, 0.4) is 0 Å². The van der Waals surface area contributed by atoms with Crippen LogP contribution in [-0.4, -0.2) is 40.1 Å². The van der Waals surface area contributed by atoms with Crippen LogP contribution in [0.5, 0.6) is 5.75 Å². The molecule has 2 aliphatic heterocycles. The van der Waals surface area contributed by atoms with Crippen molar-refractivity contribution in [1.29, 1.82) is 0 Å². The summed E-state index contributed by atoms with van der Waals surface area (Å²) in [4.78, 5) is 23.3. The van der Waals surface area contributed by atoms with Crippen molar-refractivity contribution in [2.75, 3.05) is 22.1 Å². The molecule has 0 spiro atoms. The SMILES string of the molecule is C[C@]12CCCN1c1nc(N[C@H]3C[C@H](Oc4cc(F)c(F)c(F)c4)C3)ncc1NC2=O. The van der Waals surface area contributed by atoms with E-state index in [4.69, 9.17) is 4.74 Å². The molecule has 30 heavy (non-hydrogen) atoms. The molecular formula is C20H20F3N5O2. The Morgan fingerprint density at radius 2 is 2.00 bits per heavy atom. The van der Waals surface area contributed by atoms with Crippen LogP contribution in [0.4, 0.5) is 30.6 Å². The summed E-state index contributed by atoms with van der Waals surface area (Å²) in [6.07, 6.45) is 4.21. The molecule has 3 heterocycles. The Balaban J connectivity index is 1.23. The third-order valence-corrected chi connectivity index (χ3v) is 6.09. The minimum Gasteiger partial charge on any atom is -0.490 e. The molecule has 10 heteroatoms. The Labute approximate surface area is 170 Å². The lowest BCUT2D eigenvalue weighted by molar-refractivity contribution is -0.120. The van der Waals surface area contributed by atoms with Gasteiger partial charge >= 0.3 is 0 Å². The number of fused-ring (bicyclic) bond motifs is 3. The van der Waals surface area contributed by atoms with E-state index in [0.29, 0.717) is 30.3 Å². The molecule has 3 aliphatic rings. The first-order chi connectivity index (χ1) is 14.3. The first-order valence-electron chi connectivity index (χ1n) is 9.87. The van der Waals surface area contributed by atoms with E-state index in [-0.39, 0.29) is 23.8 Å². The van der Waals surface area contributed by atoms with Crippen molar-refractivity contribution in [1.82, 2.24) is 9.97 Å². The maximum Gasteiger partial charge on any atom is 0.250 e. The van der Waals surface area contributed by atoms with E-state index in [9.17, 15) is 18.0 Å². The molecule has 158 valence electrons. The number of amides is 1. The van der Waals surface area contributed by atoms with Crippen LogP contribution in [0.2, 0.25) is 0 Å². The van der Waals surface area contributed by atoms with E-state index in [0.717, 1.165) is 31.5 Å². The van der Waals surface area contributed by atoms with Gasteiger partial charge in [0.1, 0.15) is 23.1 Å². The number of nitrogens with one attached hydrogen (secondary N) is 2. The summed E-state index contributed by atoms with van der Waals surface area (Å²) in [7, 11) is 0. The van der Waals surface area contributed by atoms with Crippen LogP contribution in [0.15, 0.2) is 18.3 Å².